The van der Waals surface area contributed by atoms with Crippen molar-refractivity contribution in [1.82, 2.24) is 5.32 Å². The second-order valence-corrected chi connectivity index (χ2v) is 3.79. The second kappa shape index (κ2) is 4.47. The van der Waals surface area contributed by atoms with Gasteiger partial charge in [-0.05, 0) is 32.5 Å². The predicted octanol–water partition coefficient (Wildman–Crippen LogP) is 2.16. The normalized spacial score (nSPS) is 19.1. The van der Waals surface area contributed by atoms with Gasteiger partial charge in [-0.2, -0.15) is 0 Å². The zero-order valence-electron chi connectivity index (χ0n) is 8.62. The highest BCUT2D eigenvalue weighted by Gasteiger charge is 2.22. The summed E-state index contributed by atoms with van der Waals surface area (Å²) in [4.78, 5) is 0. The summed E-state index contributed by atoms with van der Waals surface area (Å²) in [5.74, 6) is 1.70. The summed E-state index contributed by atoms with van der Waals surface area (Å²) in [6, 6.07) is 8.38. The molecule has 2 nitrogen and oxygen atoms in total. The van der Waals surface area contributed by atoms with Crippen LogP contribution in [0.15, 0.2) is 24.3 Å². The van der Waals surface area contributed by atoms with E-state index >= 15 is 0 Å². The fourth-order valence-corrected chi connectivity index (χ4v) is 1.99. The van der Waals surface area contributed by atoms with E-state index in [4.69, 9.17) is 4.74 Å². The van der Waals surface area contributed by atoms with Crippen molar-refractivity contribution in [2.45, 2.75) is 18.8 Å². The van der Waals surface area contributed by atoms with Crippen LogP contribution >= 0.6 is 0 Å². The molecule has 2 rings (SSSR count). The molecule has 0 bridgehead atoms. The van der Waals surface area contributed by atoms with Gasteiger partial charge in [-0.3, -0.25) is 0 Å². The first-order chi connectivity index (χ1) is 6.92. The monoisotopic (exact) mass is 191 g/mol. The third-order valence-electron chi connectivity index (χ3n) is 2.78. The summed E-state index contributed by atoms with van der Waals surface area (Å²) in [6.45, 7) is 1.96. The Morgan fingerprint density at radius 2 is 2.29 bits per heavy atom. The van der Waals surface area contributed by atoms with Crippen LogP contribution in [0.2, 0.25) is 0 Å². The zero-order chi connectivity index (χ0) is 9.80. The molecule has 1 heterocycles. The van der Waals surface area contributed by atoms with Crippen molar-refractivity contribution in [2.24, 2.45) is 0 Å². The van der Waals surface area contributed by atoms with Crippen LogP contribution in [0, 0.1) is 0 Å². The van der Waals surface area contributed by atoms with E-state index in [1.54, 1.807) is 0 Å². The first-order valence-corrected chi connectivity index (χ1v) is 5.28. The molecular formula is C12H17NO. The van der Waals surface area contributed by atoms with Gasteiger partial charge in [0, 0.05) is 11.5 Å². The molecule has 0 radical (unpaired) electrons. The summed E-state index contributed by atoms with van der Waals surface area (Å²) >= 11 is 0. The van der Waals surface area contributed by atoms with Crippen LogP contribution in [0.1, 0.15) is 24.3 Å². The van der Waals surface area contributed by atoms with E-state index in [-0.39, 0.29) is 0 Å². The summed E-state index contributed by atoms with van der Waals surface area (Å²) in [5, 5.41) is 3.17. The number of hydrogen-bond donors (Lipinski definition) is 1. The molecule has 1 aliphatic rings. The van der Waals surface area contributed by atoms with Crippen LogP contribution in [-0.4, -0.2) is 20.2 Å². The van der Waals surface area contributed by atoms with E-state index < -0.39 is 0 Å². The molecule has 2 heteroatoms. The van der Waals surface area contributed by atoms with E-state index in [9.17, 15) is 0 Å². The summed E-state index contributed by atoms with van der Waals surface area (Å²) in [5.41, 5.74) is 1.39. The maximum atomic E-state index is 5.62. The van der Waals surface area contributed by atoms with Gasteiger partial charge < -0.3 is 10.1 Å². The molecule has 76 valence electrons. The molecule has 1 aliphatic heterocycles. The highest BCUT2D eigenvalue weighted by atomic mass is 16.5. The Bertz CT molecular complexity index is 298. The van der Waals surface area contributed by atoms with Gasteiger partial charge in [0.1, 0.15) is 5.75 Å². The molecule has 0 fully saturated rings. The lowest BCUT2D eigenvalue weighted by Gasteiger charge is -2.07. The van der Waals surface area contributed by atoms with Crippen LogP contribution < -0.4 is 10.1 Å². The van der Waals surface area contributed by atoms with Crippen molar-refractivity contribution in [2.75, 3.05) is 20.2 Å². The largest absolute Gasteiger partial charge is 0.493 e. The number of para-hydroxylation sites is 1. The standard InChI is InChI=1S/C12H17NO/c1-13-8-4-5-10-9-14-12-7-3-2-6-11(10)12/h2-3,6-7,10,13H,4-5,8-9H2,1H3. The van der Waals surface area contributed by atoms with Crippen molar-refractivity contribution >= 4 is 0 Å². The Kier molecular flexibility index (Phi) is 3.04. The molecule has 0 aromatic heterocycles. The van der Waals surface area contributed by atoms with E-state index in [0.29, 0.717) is 5.92 Å². The minimum atomic E-state index is 0.611. The molecule has 0 amide bonds. The Hall–Kier alpha value is -1.02. The van der Waals surface area contributed by atoms with Crippen LogP contribution in [0.25, 0.3) is 0 Å². The lowest BCUT2D eigenvalue weighted by atomic mass is 9.96. The summed E-state index contributed by atoms with van der Waals surface area (Å²) in [7, 11) is 2.00. The lowest BCUT2D eigenvalue weighted by molar-refractivity contribution is 0.323. The minimum Gasteiger partial charge on any atom is -0.493 e. The fourth-order valence-electron chi connectivity index (χ4n) is 1.99. The van der Waals surface area contributed by atoms with Crippen LogP contribution in [0.4, 0.5) is 0 Å². The quantitative estimate of drug-likeness (QED) is 0.736. The van der Waals surface area contributed by atoms with Gasteiger partial charge >= 0.3 is 0 Å². The highest BCUT2D eigenvalue weighted by Crippen LogP contribution is 2.35. The maximum absolute atomic E-state index is 5.62. The number of hydrogen-bond acceptors (Lipinski definition) is 2. The van der Waals surface area contributed by atoms with Gasteiger partial charge in [-0.15, -0.1) is 0 Å². The highest BCUT2D eigenvalue weighted by molar-refractivity contribution is 5.39. The SMILES string of the molecule is CNCCCC1COc2ccccc21. The van der Waals surface area contributed by atoms with Gasteiger partial charge in [-0.1, -0.05) is 18.2 Å². The molecule has 1 aromatic carbocycles. The van der Waals surface area contributed by atoms with E-state index in [2.05, 4.69) is 23.5 Å². The number of nitrogens with one attached hydrogen (secondary N) is 1. The molecule has 1 unspecified atom stereocenters. The molecule has 1 aromatic rings. The van der Waals surface area contributed by atoms with Gasteiger partial charge in [-0.25, -0.2) is 0 Å². The summed E-state index contributed by atoms with van der Waals surface area (Å²) < 4.78 is 5.62. The third-order valence-corrected chi connectivity index (χ3v) is 2.78. The van der Waals surface area contributed by atoms with Gasteiger partial charge in [0.25, 0.3) is 0 Å². The topological polar surface area (TPSA) is 21.3 Å². The van der Waals surface area contributed by atoms with Crippen molar-refractivity contribution in [3.63, 3.8) is 0 Å². The lowest BCUT2D eigenvalue weighted by Crippen LogP contribution is -2.10. The smallest absolute Gasteiger partial charge is 0.122 e. The predicted molar refractivity (Wildman–Crippen MR) is 57.8 cm³/mol. The van der Waals surface area contributed by atoms with Crippen molar-refractivity contribution < 1.29 is 4.74 Å². The van der Waals surface area contributed by atoms with Crippen LogP contribution in [-0.2, 0) is 0 Å². The van der Waals surface area contributed by atoms with Gasteiger partial charge in [0.15, 0.2) is 0 Å². The Labute approximate surface area is 85.3 Å². The minimum absolute atomic E-state index is 0.611. The molecule has 14 heavy (non-hydrogen) atoms. The van der Waals surface area contributed by atoms with Crippen molar-refractivity contribution in [3.8, 4) is 5.75 Å². The molecule has 0 aliphatic carbocycles. The van der Waals surface area contributed by atoms with Crippen molar-refractivity contribution in [1.29, 1.82) is 0 Å². The van der Waals surface area contributed by atoms with Crippen LogP contribution in [0.3, 0.4) is 0 Å². The van der Waals surface area contributed by atoms with E-state index in [0.717, 1.165) is 18.9 Å². The first kappa shape index (κ1) is 9.53. The molecular weight excluding hydrogens is 174 g/mol. The Morgan fingerprint density at radius 1 is 1.43 bits per heavy atom. The number of ether oxygens (including phenoxy) is 1. The molecule has 1 atom stereocenters. The Morgan fingerprint density at radius 3 is 3.14 bits per heavy atom. The average molecular weight is 191 g/mol. The molecule has 0 saturated carbocycles. The molecule has 0 saturated heterocycles. The zero-order valence-corrected chi connectivity index (χ0v) is 8.62. The molecule has 0 spiro atoms. The van der Waals surface area contributed by atoms with Crippen molar-refractivity contribution in [3.05, 3.63) is 29.8 Å². The van der Waals surface area contributed by atoms with E-state index in [1.807, 2.05) is 13.1 Å². The van der Waals surface area contributed by atoms with Gasteiger partial charge in [0.05, 0.1) is 6.61 Å². The average Bonchev–Trinajstić information content (AvgIpc) is 2.63. The molecule has 1 N–H and O–H groups in total. The first-order valence-electron chi connectivity index (χ1n) is 5.28. The van der Waals surface area contributed by atoms with Gasteiger partial charge in [0.2, 0.25) is 0 Å². The van der Waals surface area contributed by atoms with E-state index in [1.165, 1.54) is 18.4 Å². The number of fused-ring (bicyclic) bond motifs is 1. The number of rotatable bonds is 4. The Balaban J connectivity index is 1.96. The number of benzene rings is 1. The van der Waals surface area contributed by atoms with Crippen LogP contribution in [0.5, 0.6) is 5.75 Å². The third kappa shape index (κ3) is 1.90. The summed E-state index contributed by atoms with van der Waals surface area (Å²) in [6.07, 6.45) is 2.44. The maximum Gasteiger partial charge on any atom is 0.122 e. The second-order valence-electron chi connectivity index (χ2n) is 3.79. The fraction of sp³-hybridized carbons (Fsp3) is 0.500.